The highest BCUT2D eigenvalue weighted by Crippen LogP contribution is 2.25. The predicted octanol–water partition coefficient (Wildman–Crippen LogP) is 3.54. The number of ether oxygens (including phenoxy) is 1. The van der Waals surface area contributed by atoms with E-state index in [9.17, 15) is 4.79 Å². The maximum absolute atomic E-state index is 12.7. The van der Waals surface area contributed by atoms with Crippen molar-refractivity contribution in [2.24, 2.45) is 0 Å². The van der Waals surface area contributed by atoms with Crippen molar-refractivity contribution in [1.29, 1.82) is 0 Å². The van der Waals surface area contributed by atoms with Gasteiger partial charge in [-0.3, -0.25) is 14.4 Å². The van der Waals surface area contributed by atoms with Crippen molar-refractivity contribution in [3.05, 3.63) is 82.7 Å². The van der Waals surface area contributed by atoms with Crippen LogP contribution in [-0.4, -0.2) is 33.7 Å². The lowest BCUT2D eigenvalue weighted by atomic mass is 10.1. The first-order valence-electron chi connectivity index (χ1n) is 10.5. The minimum atomic E-state index is -0.0717. The van der Waals surface area contributed by atoms with E-state index in [1.807, 2.05) is 59.4 Å². The van der Waals surface area contributed by atoms with Gasteiger partial charge < -0.3 is 10.1 Å². The van der Waals surface area contributed by atoms with Crippen LogP contribution < -0.4 is 10.1 Å². The molecule has 0 aliphatic carbocycles. The first-order valence-corrected chi connectivity index (χ1v) is 10.5. The number of rotatable bonds is 6. The smallest absolute Gasteiger partial charge is 0.251 e. The van der Waals surface area contributed by atoms with Crippen LogP contribution in [0.3, 0.4) is 0 Å². The lowest BCUT2D eigenvalue weighted by molar-refractivity contribution is 0.0950. The Morgan fingerprint density at radius 1 is 1.20 bits per heavy atom. The fraction of sp³-hybridized carbons (Fsp3) is 0.333. The van der Waals surface area contributed by atoms with Crippen LogP contribution in [0.4, 0.5) is 0 Å². The largest absolute Gasteiger partial charge is 0.492 e. The molecule has 4 rings (SSSR count). The maximum Gasteiger partial charge on any atom is 0.251 e. The molecule has 30 heavy (non-hydrogen) atoms. The predicted molar refractivity (Wildman–Crippen MR) is 116 cm³/mol. The molecule has 0 spiro atoms. The van der Waals surface area contributed by atoms with E-state index < -0.39 is 0 Å². The van der Waals surface area contributed by atoms with Gasteiger partial charge in [0.05, 0.1) is 6.20 Å². The number of hydrogen-bond acceptors (Lipinski definition) is 4. The topological polar surface area (TPSA) is 59.4 Å². The second-order valence-corrected chi connectivity index (χ2v) is 7.62. The normalized spacial score (nSPS) is 13.9. The summed E-state index contributed by atoms with van der Waals surface area (Å²) in [6.07, 6.45) is 1.96. The first kappa shape index (κ1) is 20.2. The molecule has 2 aromatic carbocycles. The van der Waals surface area contributed by atoms with Crippen LogP contribution in [0.15, 0.2) is 54.7 Å². The molecule has 156 valence electrons. The number of fused-ring (bicyclic) bond motifs is 1. The van der Waals surface area contributed by atoms with Gasteiger partial charge in [-0.1, -0.05) is 30.3 Å². The summed E-state index contributed by atoms with van der Waals surface area (Å²) in [6.45, 7) is 8.63. The summed E-state index contributed by atoms with van der Waals surface area (Å²) < 4.78 is 7.96. The third kappa shape index (κ3) is 4.54. The molecule has 2 heterocycles. The summed E-state index contributed by atoms with van der Waals surface area (Å²) in [5, 5.41) is 7.46. The summed E-state index contributed by atoms with van der Waals surface area (Å²) in [6, 6.07) is 15.6. The van der Waals surface area contributed by atoms with Gasteiger partial charge in [0, 0.05) is 55.1 Å². The quantitative estimate of drug-likeness (QED) is 0.683. The molecule has 0 atom stereocenters. The van der Waals surface area contributed by atoms with Gasteiger partial charge in [0.2, 0.25) is 0 Å². The Morgan fingerprint density at radius 3 is 2.80 bits per heavy atom. The number of aromatic nitrogens is 2. The lowest BCUT2D eigenvalue weighted by Crippen LogP contribution is -2.26. The molecule has 1 aromatic heterocycles. The van der Waals surface area contributed by atoms with Gasteiger partial charge in [0.25, 0.3) is 5.91 Å². The minimum absolute atomic E-state index is 0.0717. The highest BCUT2D eigenvalue weighted by Gasteiger charge is 2.19. The highest BCUT2D eigenvalue weighted by atomic mass is 16.5. The molecule has 6 heteroatoms. The maximum atomic E-state index is 12.7. The molecule has 1 aliphatic heterocycles. The summed E-state index contributed by atoms with van der Waals surface area (Å²) in [7, 11) is 0. The SMILES string of the molecule is CCn1ncc(CN2CCOc3ccc(C(=O)NCc4ccccc4)cc3C2)c1C. The van der Waals surface area contributed by atoms with E-state index >= 15 is 0 Å². The molecule has 0 fully saturated rings. The molecule has 3 aromatic rings. The Hall–Kier alpha value is -3.12. The van der Waals surface area contributed by atoms with Crippen LogP contribution in [0.5, 0.6) is 5.75 Å². The highest BCUT2D eigenvalue weighted by molar-refractivity contribution is 5.94. The lowest BCUT2D eigenvalue weighted by Gasteiger charge is -2.19. The van der Waals surface area contributed by atoms with Crippen LogP contribution in [0.2, 0.25) is 0 Å². The molecule has 0 bridgehead atoms. The minimum Gasteiger partial charge on any atom is -0.492 e. The van der Waals surface area contributed by atoms with Crippen LogP contribution >= 0.6 is 0 Å². The summed E-state index contributed by atoms with van der Waals surface area (Å²) >= 11 is 0. The zero-order chi connectivity index (χ0) is 20.9. The van der Waals surface area contributed by atoms with E-state index in [4.69, 9.17) is 4.74 Å². The van der Waals surface area contributed by atoms with Crippen molar-refractivity contribution in [1.82, 2.24) is 20.0 Å². The average molecular weight is 405 g/mol. The van der Waals surface area contributed by atoms with Gasteiger partial charge in [-0.15, -0.1) is 0 Å². The monoisotopic (exact) mass is 404 g/mol. The van der Waals surface area contributed by atoms with Gasteiger partial charge in [-0.05, 0) is 37.6 Å². The van der Waals surface area contributed by atoms with Gasteiger partial charge in [-0.25, -0.2) is 0 Å². The number of carbonyl (C=O) groups excluding carboxylic acids is 1. The molecule has 6 nitrogen and oxygen atoms in total. The van der Waals surface area contributed by atoms with E-state index in [2.05, 4.69) is 29.2 Å². The Balaban J connectivity index is 1.45. The second-order valence-electron chi connectivity index (χ2n) is 7.62. The molecule has 1 aliphatic rings. The van der Waals surface area contributed by atoms with E-state index in [0.717, 1.165) is 43.1 Å². The number of aryl methyl sites for hydroxylation is 1. The summed E-state index contributed by atoms with van der Waals surface area (Å²) in [5.74, 6) is 0.788. The molecular formula is C24H28N4O2. The zero-order valence-electron chi connectivity index (χ0n) is 17.6. The van der Waals surface area contributed by atoms with Crippen LogP contribution in [0.1, 0.15) is 39.7 Å². The molecular weight excluding hydrogens is 376 g/mol. The van der Waals surface area contributed by atoms with E-state index in [0.29, 0.717) is 18.7 Å². The van der Waals surface area contributed by atoms with E-state index in [-0.39, 0.29) is 5.91 Å². The fourth-order valence-electron chi connectivity index (χ4n) is 3.81. The molecule has 0 saturated heterocycles. The summed E-state index contributed by atoms with van der Waals surface area (Å²) in [5.41, 5.74) is 5.22. The molecule has 1 N–H and O–H groups in total. The van der Waals surface area contributed by atoms with Crippen molar-refractivity contribution in [3.8, 4) is 5.75 Å². The fourth-order valence-corrected chi connectivity index (χ4v) is 3.81. The molecule has 1 amide bonds. The van der Waals surface area contributed by atoms with Crippen LogP contribution in [0.25, 0.3) is 0 Å². The first-order chi connectivity index (χ1) is 14.6. The number of benzene rings is 2. The Labute approximate surface area is 177 Å². The van der Waals surface area contributed by atoms with Gasteiger partial charge in [0.15, 0.2) is 0 Å². The van der Waals surface area contributed by atoms with Crippen molar-refractivity contribution in [2.75, 3.05) is 13.2 Å². The number of nitrogens with one attached hydrogen (secondary N) is 1. The Morgan fingerprint density at radius 2 is 2.03 bits per heavy atom. The average Bonchev–Trinajstić information content (AvgIpc) is 2.99. The van der Waals surface area contributed by atoms with Crippen LogP contribution in [-0.2, 0) is 26.2 Å². The zero-order valence-corrected chi connectivity index (χ0v) is 17.6. The van der Waals surface area contributed by atoms with Crippen LogP contribution in [0, 0.1) is 6.92 Å². The van der Waals surface area contributed by atoms with E-state index in [1.165, 1.54) is 11.3 Å². The number of nitrogens with zero attached hydrogens (tertiary/aromatic N) is 3. The van der Waals surface area contributed by atoms with Crippen molar-refractivity contribution in [2.45, 2.75) is 40.0 Å². The molecule has 0 unspecified atom stereocenters. The second kappa shape index (κ2) is 9.13. The Bertz CT molecular complexity index is 1010. The Kier molecular flexibility index (Phi) is 6.14. The van der Waals surface area contributed by atoms with Crippen molar-refractivity contribution in [3.63, 3.8) is 0 Å². The van der Waals surface area contributed by atoms with Gasteiger partial charge in [-0.2, -0.15) is 5.10 Å². The van der Waals surface area contributed by atoms with Crippen molar-refractivity contribution < 1.29 is 9.53 Å². The van der Waals surface area contributed by atoms with Gasteiger partial charge in [0.1, 0.15) is 12.4 Å². The van der Waals surface area contributed by atoms with Gasteiger partial charge >= 0.3 is 0 Å². The van der Waals surface area contributed by atoms with Crippen molar-refractivity contribution >= 4 is 5.91 Å². The molecule has 0 saturated carbocycles. The molecule has 0 radical (unpaired) electrons. The number of hydrogen-bond donors (Lipinski definition) is 1. The standard InChI is InChI=1S/C24H28N4O2/c1-3-28-18(2)22(15-26-28)17-27-11-12-30-23-10-9-20(13-21(23)16-27)24(29)25-14-19-7-5-4-6-8-19/h4-10,13,15H,3,11-12,14,16-17H2,1-2H3,(H,25,29). The summed E-state index contributed by atoms with van der Waals surface area (Å²) in [4.78, 5) is 15.0. The number of carbonyl (C=O) groups is 1. The third-order valence-electron chi connectivity index (χ3n) is 5.58. The third-order valence-corrected chi connectivity index (χ3v) is 5.58. The number of amides is 1. The van der Waals surface area contributed by atoms with E-state index in [1.54, 1.807) is 0 Å².